The van der Waals surface area contributed by atoms with Crippen LogP contribution in [0, 0.1) is 5.82 Å². The maximum atomic E-state index is 14.9. The van der Waals surface area contributed by atoms with Crippen molar-refractivity contribution < 1.29 is 36.3 Å². The molecule has 3 aromatic carbocycles. The third-order valence-corrected chi connectivity index (χ3v) is 9.59. The Morgan fingerprint density at radius 1 is 1.00 bits per heavy atom. The molecule has 9 nitrogen and oxygen atoms in total. The molecule has 0 saturated carbocycles. The van der Waals surface area contributed by atoms with Gasteiger partial charge in [0.05, 0.1) is 35.8 Å². The van der Waals surface area contributed by atoms with Crippen molar-refractivity contribution in [1.82, 2.24) is 24.6 Å². The minimum Gasteiger partial charge on any atom is -0.444 e. The molecule has 0 spiro atoms. The molecule has 0 aliphatic carbocycles. The molecule has 0 radical (unpaired) electrons. The third-order valence-electron chi connectivity index (χ3n) is 9.36. The predicted molar refractivity (Wildman–Crippen MR) is 166 cm³/mol. The zero-order chi connectivity index (χ0) is 33.2. The number of piperidine rings is 1. The molecule has 1 unspecified atom stereocenters. The van der Waals surface area contributed by atoms with Gasteiger partial charge in [0.1, 0.15) is 11.6 Å². The Labute approximate surface area is 277 Å². The normalized spacial score (nSPS) is 21.6. The van der Waals surface area contributed by atoms with Crippen LogP contribution in [0.1, 0.15) is 54.9 Å². The number of imidazole rings is 1. The van der Waals surface area contributed by atoms with Gasteiger partial charge in [-0.2, -0.15) is 18.2 Å². The molecule has 48 heavy (non-hydrogen) atoms. The summed E-state index contributed by atoms with van der Waals surface area (Å²) < 4.78 is 78.9. The van der Waals surface area contributed by atoms with Gasteiger partial charge in [0.2, 0.25) is 5.82 Å². The van der Waals surface area contributed by atoms with Gasteiger partial charge in [0.15, 0.2) is 11.5 Å². The number of aromatic nitrogens is 4. The number of ether oxygens (including phenoxy) is 3. The maximum Gasteiger partial charge on any atom is 0.471 e. The highest BCUT2D eigenvalue weighted by molar-refractivity contribution is 6.30. The molecule has 3 aliphatic heterocycles. The highest BCUT2D eigenvalue weighted by atomic mass is 35.5. The van der Waals surface area contributed by atoms with E-state index in [0.717, 1.165) is 54.8 Å². The SMILES string of the molecule is CC1(c2ccc(Cl)cc2F)Oc2cccc(C3CCN(Cc4nc5ccc(-c6noc(C(F)(F)F)n6)cc5n4C[C@@H]4CCO4)CC3)c2O1. The predicted octanol–water partition coefficient (Wildman–Crippen LogP) is 7.71. The number of rotatable bonds is 7. The molecule has 2 saturated heterocycles. The Kier molecular flexibility index (Phi) is 7.61. The molecule has 2 fully saturated rings. The van der Waals surface area contributed by atoms with Crippen molar-refractivity contribution in [2.45, 2.75) is 63.3 Å². The van der Waals surface area contributed by atoms with Gasteiger partial charge in [-0.05, 0) is 80.7 Å². The summed E-state index contributed by atoms with van der Waals surface area (Å²) in [6.45, 7) is 5.17. The van der Waals surface area contributed by atoms with Gasteiger partial charge in [0, 0.05) is 29.7 Å². The Hall–Kier alpha value is -4.20. The topological polar surface area (TPSA) is 87.7 Å². The second-order valence-corrected chi connectivity index (χ2v) is 13.0. The Bertz CT molecular complexity index is 2000. The largest absolute Gasteiger partial charge is 0.471 e. The van der Waals surface area contributed by atoms with Crippen molar-refractivity contribution in [3.8, 4) is 22.9 Å². The Balaban J connectivity index is 1.00. The van der Waals surface area contributed by atoms with E-state index in [0.29, 0.717) is 41.8 Å². The first-order chi connectivity index (χ1) is 23.0. The first-order valence-corrected chi connectivity index (χ1v) is 16.1. The number of nitrogens with zero attached hydrogens (tertiary/aromatic N) is 5. The highest BCUT2D eigenvalue weighted by Gasteiger charge is 2.43. The van der Waals surface area contributed by atoms with Gasteiger partial charge in [-0.15, -0.1) is 0 Å². The van der Waals surface area contributed by atoms with Gasteiger partial charge in [-0.1, -0.05) is 28.9 Å². The fourth-order valence-corrected chi connectivity index (χ4v) is 6.92. The van der Waals surface area contributed by atoms with E-state index >= 15 is 0 Å². The van der Waals surface area contributed by atoms with E-state index in [-0.39, 0.29) is 23.4 Å². The van der Waals surface area contributed by atoms with Crippen LogP contribution >= 0.6 is 11.6 Å². The van der Waals surface area contributed by atoms with Gasteiger partial charge in [-0.25, -0.2) is 9.37 Å². The second-order valence-electron chi connectivity index (χ2n) is 12.5. The lowest BCUT2D eigenvalue weighted by molar-refractivity contribution is -0.159. The van der Waals surface area contributed by atoms with E-state index in [2.05, 4.69) is 24.1 Å². The van der Waals surface area contributed by atoms with Crippen molar-refractivity contribution in [1.29, 1.82) is 0 Å². The fourth-order valence-electron chi connectivity index (χ4n) is 6.76. The second kappa shape index (κ2) is 11.7. The first-order valence-electron chi connectivity index (χ1n) is 15.7. The van der Waals surface area contributed by atoms with Crippen molar-refractivity contribution in [3.05, 3.63) is 88.3 Å². The van der Waals surface area contributed by atoms with E-state index < -0.39 is 23.7 Å². The lowest BCUT2D eigenvalue weighted by Crippen LogP contribution is -2.35. The zero-order valence-electron chi connectivity index (χ0n) is 25.8. The van der Waals surface area contributed by atoms with E-state index in [1.165, 1.54) is 6.07 Å². The summed E-state index contributed by atoms with van der Waals surface area (Å²) >= 11 is 5.98. The number of hydrogen-bond acceptors (Lipinski definition) is 8. The smallest absolute Gasteiger partial charge is 0.444 e. The van der Waals surface area contributed by atoms with E-state index in [1.54, 1.807) is 37.3 Å². The first kappa shape index (κ1) is 31.1. The molecule has 250 valence electrons. The lowest BCUT2D eigenvalue weighted by Gasteiger charge is -2.33. The minimum absolute atomic E-state index is 0.0342. The summed E-state index contributed by atoms with van der Waals surface area (Å²) in [4.78, 5) is 10.8. The van der Waals surface area contributed by atoms with Crippen LogP contribution < -0.4 is 9.47 Å². The summed E-state index contributed by atoms with van der Waals surface area (Å²) in [6.07, 6.45) is -2.05. The average Bonchev–Trinajstić information content (AvgIpc) is 3.74. The molecule has 3 aliphatic rings. The maximum absolute atomic E-state index is 14.9. The van der Waals surface area contributed by atoms with E-state index in [4.69, 9.17) is 30.8 Å². The monoisotopic (exact) mass is 683 g/mol. The van der Waals surface area contributed by atoms with Crippen LogP contribution in [-0.2, 0) is 29.8 Å². The van der Waals surface area contributed by atoms with E-state index in [1.807, 2.05) is 18.2 Å². The van der Waals surface area contributed by atoms with Crippen LogP contribution in [0.3, 0.4) is 0 Å². The molecule has 5 aromatic rings. The third kappa shape index (κ3) is 5.67. The Morgan fingerprint density at radius 3 is 2.52 bits per heavy atom. The van der Waals surface area contributed by atoms with Gasteiger partial charge in [0.25, 0.3) is 5.79 Å². The molecule has 2 atom stereocenters. The van der Waals surface area contributed by atoms with Crippen LogP contribution in [0.4, 0.5) is 17.6 Å². The summed E-state index contributed by atoms with van der Waals surface area (Å²) in [5.41, 5.74) is 3.20. The van der Waals surface area contributed by atoms with E-state index in [9.17, 15) is 17.6 Å². The fraction of sp³-hybridized carbons (Fsp3) is 0.382. The number of fused-ring (bicyclic) bond motifs is 2. The number of hydrogen-bond donors (Lipinski definition) is 0. The summed E-state index contributed by atoms with van der Waals surface area (Å²) in [7, 11) is 0. The van der Waals surface area contributed by atoms with Gasteiger partial charge in [-0.3, -0.25) is 4.90 Å². The van der Waals surface area contributed by atoms with Gasteiger partial charge < -0.3 is 23.3 Å². The summed E-state index contributed by atoms with van der Waals surface area (Å²) in [5, 5.41) is 3.85. The standard InChI is InChI=1S/C34H30ClF4N5O4/c1-33(24-7-6-21(35)16-25(24)36)46-28-4-2-3-23(30(28)47-33)19-9-12-43(13-10-19)18-29-40-26-8-5-20(31-41-32(48-42-31)34(37,38)39)15-27(26)44(29)17-22-11-14-45-22/h2-8,15-16,19,22H,9-14,17-18H2,1H3/t22-,33?/m0/s1. The number of halogens is 5. The molecular formula is C34H30ClF4N5O4. The molecule has 2 aromatic heterocycles. The summed E-state index contributed by atoms with van der Waals surface area (Å²) in [6, 6.07) is 15.4. The van der Waals surface area contributed by atoms with Crippen molar-refractivity contribution in [2.75, 3.05) is 19.7 Å². The number of alkyl halides is 3. The average molecular weight is 684 g/mol. The number of para-hydroxylation sites is 1. The van der Waals surface area contributed by atoms with Crippen LogP contribution in [0.25, 0.3) is 22.4 Å². The zero-order valence-corrected chi connectivity index (χ0v) is 26.5. The summed E-state index contributed by atoms with van der Waals surface area (Å²) in [5.74, 6) is -1.08. The lowest BCUT2D eigenvalue weighted by atomic mass is 9.88. The number of benzene rings is 3. The van der Waals surface area contributed by atoms with Crippen LogP contribution in [0.2, 0.25) is 5.02 Å². The minimum atomic E-state index is -4.72. The van der Waals surface area contributed by atoms with Crippen molar-refractivity contribution >= 4 is 22.6 Å². The molecule has 14 heteroatoms. The molecular weight excluding hydrogens is 654 g/mol. The molecule has 0 N–H and O–H groups in total. The van der Waals surface area contributed by atoms with Crippen molar-refractivity contribution in [3.63, 3.8) is 0 Å². The van der Waals surface area contributed by atoms with Gasteiger partial charge >= 0.3 is 12.1 Å². The van der Waals surface area contributed by atoms with Crippen LogP contribution in [0.15, 0.2) is 59.1 Å². The molecule has 5 heterocycles. The highest BCUT2D eigenvalue weighted by Crippen LogP contribution is 2.50. The molecule has 0 bridgehead atoms. The van der Waals surface area contributed by atoms with Crippen molar-refractivity contribution in [2.24, 2.45) is 0 Å². The van der Waals surface area contributed by atoms with Crippen LogP contribution in [0.5, 0.6) is 11.5 Å². The molecule has 0 amide bonds. The Morgan fingerprint density at radius 2 is 1.81 bits per heavy atom. The molecule has 8 rings (SSSR count). The number of likely N-dealkylation sites (tertiary alicyclic amines) is 1. The quantitative estimate of drug-likeness (QED) is 0.161. The van der Waals surface area contributed by atoms with Crippen LogP contribution in [-0.4, -0.2) is 50.4 Å².